The maximum absolute atomic E-state index is 13.5. The number of carboxylic acids is 1. The number of likely N-dealkylation sites (N-methyl/N-ethyl adjacent to an activating group) is 1. The molecule has 2 N–H and O–H groups in total. The summed E-state index contributed by atoms with van der Waals surface area (Å²) >= 11 is 0. The van der Waals surface area contributed by atoms with Crippen molar-refractivity contribution in [1.29, 1.82) is 0 Å². The van der Waals surface area contributed by atoms with Crippen LogP contribution in [0.5, 0.6) is 11.5 Å². The Morgan fingerprint density at radius 2 is 1.29 bits per heavy atom. The van der Waals surface area contributed by atoms with E-state index >= 15 is 0 Å². The fraction of sp³-hybridized carbons (Fsp3) is 0.242. The number of aromatic nitrogens is 3. The number of nitrogens with zero attached hydrogens (tertiary/aromatic N) is 4. The van der Waals surface area contributed by atoms with Crippen molar-refractivity contribution in [3.05, 3.63) is 89.8 Å². The quantitative estimate of drug-likeness (QED) is 0.132. The Labute approximate surface area is 290 Å². The average Bonchev–Trinajstić information content (AvgIpc) is 3.78. The highest BCUT2D eigenvalue weighted by Crippen LogP contribution is 2.39. The second-order valence-electron chi connectivity index (χ2n) is 10.4. The van der Waals surface area contributed by atoms with Gasteiger partial charge in [-0.05, 0) is 36.4 Å². The third-order valence-corrected chi connectivity index (χ3v) is 6.89. The highest BCUT2D eigenvalue weighted by molar-refractivity contribution is 6.04. The van der Waals surface area contributed by atoms with E-state index in [0.717, 1.165) is 0 Å². The van der Waals surface area contributed by atoms with Crippen LogP contribution in [-0.4, -0.2) is 73.5 Å². The van der Waals surface area contributed by atoms with Crippen LogP contribution in [0.25, 0.3) is 22.9 Å². The van der Waals surface area contributed by atoms with Gasteiger partial charge in [-0.1, -0.05) is 24.3 Å². The molecule has 1 amide bonds. The largest absolute Gasteiger partial charge is 0.496 e. The molecule has 276 valence electrons. The lowest BCUT2D eigenvalue weighted by molar-refractivity contribution is -0.153. The van der Waals surface area contributed by atoms with Crippen LogP contribution in [-0.2, 0) is 17.1 Å². The molecule has 0 spiro atoms. The number of rotatable bonds is 11. The summed E-state index contributed by atoms with van der Waals surface area (Å²) in [5.41, 5.74) is -1.55. The minimum absolute atomic E-state index is 0.132. The van der Waals surface area contributed by atoms with Gasteiger partial charge >= 0.3 is 18.3 Å². The number of ether oxygens (including phenoxy) is 3. The van der Waals surface area contributed by atoms with Crippen LogP contribution in [0, 0.1) is 0 Å². The van der Waals surface area contributed by atoms with Crippen LogP contribution < -0.4 is 19.7 Å². The fourth-order valence-electron chi connectivity index (χ4n) is 4.42. The van der Waals surface area contributed by atoms with Gasteiger partial charge in [0.2, 0.25) is 23.3 Å². The van der Waals surface area contributed by atoms with E-state index in [-0.39, 0.29) is 34.2 Å². The number of aromatic carboxylic acids is 1. The number of alkyl halides is 6. The summed E-state index contributed by atoms with van der Waals surface area (Å²) in [6.07, 6.45) is -8.53. The molecule has 0 bridgehead atoms. The Balaban J connectivity index is 0.000000259. The molecule has 0 unspecified atom stereocenters. The third kappa shape index (κ3) is 9.16. The number of halogens is 6. The Morgan fingerprint density at radius 1 is 0.788 bits per heavy atom. The van der Waals surface area contributed by atoms with Gasteiger partial charge in [-0.15, -0.1) is 0 Å². The SMILES string of the molecule is COCCN(C)c1ccc(NC(=O)c2nc(-c3ccccc3OC)oc2C(F)(F)F)cn1.COc1ccccc1-c1nc(C(=O)O)c(C(F)(F)F)o1. The number of amides is 1. The summed E-state index contributed by atoms with van der Waals surface area (Å²) in [6, 6.07) is 15.5. The molecule has 0 radical (unpaired) electrons. The standard InChI is InChI=1S/C21H21F3N4O4.C12H8F3NO4/c1-28(10-11-30-2)16-9-8-13(12-25-16)26-19(29)17-18(21(22,23)24)32-20(27-17)14-6-4-5-7-15(14)31-3;1-19-7-5-3-2-4-6(7)10-16-8(11(17)18)9(20-10)12(13,14)15/h4-9,12H,10-11H2,1-3H3,(H,26,29);2-5H,1H3,(H,17,18). The van der Waals surface area contributed by atoms with Crippen LogP contribution >= 0.6 is 0 Å². The molecule has 5 aromatic rings. The molecule has 5 rings (SSSR count). The normalized spacial score (nSPS) is 11.3. The first-order chi connectivity index (χ1) is 24.6. The molecule has 0 saturated carbocycles. The molecule has 3 heterocycles. The third-order valence-electron chi connectivity index (χ3n) is 6.89. The van der Waals surface area contributed by atoms with Crippen LogP contribution in [0.4, 0.5) is 37.8 Å². The van der Waals surface area contributed by atoms with E-state index in [1.54, 1.807) is 37.4 Å². The van der Waals surface area contributed by atoms with Gasteiger partial charge in [-0.25, -0.2) is 19.7 Å². The first kappa shape index (κ1) is 38.7. The topological polar surface area (TPSA) is 162 Å². The summed E-state index contributed by atoms with van der Waals surface area (Å²) in [5.74, 6) is -5.81. The number of hydrogen-bond donors (Lipinski definition) is 2. The van der Waals surface area contributed by atoms with Crippen LogP contribution in [0.3, 0.4) is 0 Å². The second-order valence-corrected chi connectivity index (χ2v) is 10.4. The summed E-state index contributed by atoms with van der Waals surface area (Å²) < 4.78 is 103. The smallest absolute Gasteiger partial charge is 0.452 e. The Kier molecular flexibility index (Phi) is 12.1. The van der Waals surface area contributed by atoms with Gasteiger partial charge in [0.05, 0.1) is 43.8 Å². The predicted molar refractivity (Wildman–Crippen MR) is 171 cm³/mol. The van der Waals surface area contributed by atoms with Gasteiger partial charge in [0.15, 0.2) is 11.4 Å². The van der Waals surface area contributed by atoms with Crippen molar-refractivity contribution in [1.82, 2.24) is 15.0 Å². The zero-order chi connectivity index (χ0) is 38.2. The number of carbonyl (C=O) groups is 2. The Bertz CT molecular complexity index is 1990. The van der Waals surface area contributed by atoms with Gasteiger partial charge in [0, 0.05) is 20.7 Å². The summed E-state index contributed by atoms with van der Waals surface area (Å²) in [5, 5.41) is 11.1. The van der Waals surface area contributed by atoms with Crippen molar-refractivity contribution in [2.45, 2.75) is 12.4 Å². The average molecular weight is 738 g/mol. The van der Waals surface area contributed by atoms with Crippen LogP contribution in [0.15, 0.2) is 75.7 Å². The predicted octanol–water partition coefficient (Wildman–Crippen LogP) is 7.17. The molecule has 19 heteroatoms. The second kappa shape index (κ2) is 16.3. The molecule has 3 aromatic heterocycles. The van der Waals surface area contributed by atoms with Crippen molar-refractivity contribution in [3.63, 3.8) is 0 Å². The molecule has 0 fully saturated rings. The van der Waals surface area contributed by atoms with Crippen molar-refractivity contribution in [3.8, 4) is 34.4 Å². The monoisotopic (exact) mass is 737 g/mol. The summed E-state index contributed by atoms with van der Waals surface area (Å²) in [4.78, 5) is 36.7. The van der Waals surface area contributed by atoms with Gasteiger partial charge in [-0.2, -0.15) is 26.3 Å². The van der Waals surface area contributed by atoms with E-state index in [1.165, 1.54) is 50.7 Å². The fourth-order valence-corrected chi connectivity index (χ4v) is 4.42. The number of carboxylic acid groups (broad SMARTS) is 1. The molecular formula is C33H29F6N5O8. The minimum Gasteiger partial charge on any atom is -0.496 e. The molecule has 52 heavy (non-hydrogen) atoms. The maximum Gasteiger partial charge on any atom is 0.452 e. The lowest BCUT2D eigenvalue weighted by atomic mass is 10.2. The number of methoxy groups -OCH3 is 3. The van der Waals surface area contributed by atoms with E-state index in [2.05, 4.69) is 24.7 Å². The highest BCUT2D eigenvalue weighted by atomic mass is 19.4. The van der Waals surface area contributed by atoms with Crippen molar-refractivity contribution in [2.24, 2.45) is 0 Å². The Hall–Kier alpha value is -6.11. The zero-order valence-corrected chi connectivity index (χ0v) is 27.6. The van der Waals surface area contributed by atoms with Crippen LogP contribution in [0.1, 0.15) is 32.5 Å². The number of anilines is 2. The number of carbonyl (C=O) groups excluding carboxylic acids is 1. The van der Waals surface area contributed by atoms with Gasteiger partial charge in [0.25, 0.3) is 5.91 Å². The maximum atomic E-state index is 13.5. The molecule has 0 aliphatic carbocycles. The van der Waals surface area contributed by atoms with E-state index in [0.29, 0.717) is 19.0 Å². The van der Waals surface area contributed by atoms with Crippen LogP contribution in [0.2, 0.25) is 0 Å². The lowest BCUT2D eigenvalue weighted by Gasteiger charge is -2.17. The summed E-state index contributed by atoms with van der Waals surface area (Å²) in [6.45, 7) is 1.09. The number of nitrogens with one attached hydrogen (secondary N) is 1. The molecule has 0 atom stereocenters. The number of pyridine rings is 1. The molecule has 2 aromatic carbocycles. The van der Waals surface area contributed by atoms with Crippen molar-refractivity contribution >= 4 is 23.4 Å². The first-order valence-electron chi connectivity index (χ1n) is 14.7. The molecular weight excluding hydrogens is 708 g/mol. The number of oxazole rings is 2. The zero-order valence-electron chi connectivity index (χ0n) is 27.6. The number of hydrogen-bond acceptors (Lipinski definition) is 11. The number of para-hydroxylation sites is 2. The van der Waals surface area contributed by atoms with E-state index in [1.807, 2.05) is 11.9 Å². The summed E-state index contributed by atoms with van der Waals surface area (Å²) in [7, 11) is 6.08. The molecule has 0 saturated heterocycles. The lowest BCUT2D eigenvalue weighted by Crippen LogP contribution is -2.23. The van der Waals surface area contributed by atoms with E-state index < -0.39 is 53.0 Å². The van der Waals surface area contributed by atoms with Crippen molar-refractivity contribution in [2.75, 3.05) is 51.7 Å². The minimum atomic E-state index is -4.94. The molecule has 0 aliphatic rings. The molecule has 0 aliphatic heterocycles. The Morgan fingerprint density at radius 3 is 1.71 bits per heavy atom. The van der Waals surface area contributed by atoms with E-state index in [4.69, 9.17) is 23.7 Å². The van der Waals surface area contributed by atoms with Gasteiger partial charge in [-0.3, -0.25) is 4.79 Å². The van der Waals surface area contributed by atoms with Gasteiger partial charge < -0.3 is 38.4 Å². The first-order valence-corrected chi connectivity index (χ1v) is 14.7. The van der Waals surface area contributed by atoms with Gasteiger partial charge in [0.1, 0.15) is 17.3 Å². The highest BCUT2D eigenvalue weighted by Gasteiger charge is 2.43. The van der Waals surface area contributed by atoms with E-state index in [9.17, 15) is 35.9 Å². The number of benzene rings is 2. The van der Waals surface area contributed by atoms with Crippen molar-refractivity contribution < 1.29 is 64.1 Å². The molecule has 13 nitrogen and oxygen atoms in total.